The van der Waals surface area contributed by atoms with Crippen LogP contribution in [-0.4, -0.2) is 17.4 Å². The molecule has 2 N–H and O–H groups in total. The molecular weight excluding hydrogens is 372 g/mol. The van der Waals surface area contributed by atoms with Gasteiger partial charge in [0.25, 0.3) is 5.91 Å². The fourth-order valence-electron chi connectivity index (χ4n) is 2.46. The van der Waals surface area contributed by atoms with Crippen LogP contribution in [0.5, 0.6) is 0 Å². The van der Waals surface area contributed by atoms with E-state index < -0.39 is 23.2 Å². The van der Waals surface area contributed by atoms with Crippen LogP contribution in [0.3, 0.4) is 0 Å². The van der Waals surface area contributed by atoms with Crippen LogP contribution in [0.2, 0.25) is 5.02 Å². The molecule has 0 aliphatic carbocycles. The molecule has 0 radical (unpaired) electrons. The van der Waals surface area contributed by atoms with Gasteiger partial charge >= 0.3 is 0 Å². The van der Waals surface area contributed by atoms with Crippen molar-refractivity contribution in [3.63, 3.8) is 0 Å². The van der Waals surface area contributed by atoms with E-state index in [1.165, 1.54) is 18.3 Å². The molecule has 0 unspecified atom stereocenters. The summed E-state index contributed by atoms with van der Waals surface area (Å²) in [5.74, 6) is -2.39. The number of para-hydroxylation sites is 1. The Kier molecular flexibility index (Phi) is 5.98. The van der Waals surface area contributed by atoms with Crippen molar-refractivity contribution in [2.45, 2.75) is 6.42 Å². The Balaban J connectivity index is 1.62. The highest BCUT2D eigenvalue weighted by atomic mass is 35.5. The Morgan fingerprint density at radius 3 is 2.44 bits per heavy atom. The lowest BCUT2D eigenvalue weighted by atomic mass is 10.1. The molecule has 27 heavy (non-hydrogen) atoms. The van der Waals surface area contributed by atoms with Crippen LogP contribution in [0.4, 0.5) is 20.2 Å². The first-order chi connectivity index (χ1) is 13.0. The van der Waals surface area contributed by atoms with Crippen LogP contribution in [0.25, 0.3) is 0 Å². The molecule has 0 atom stereocenters. The number of amides is 1. The number of hydrogen-bond donors (Lipinski definition) is 2. The van der Waals surface area contributed by atoms with Crippen LogP contribution in [0.15, 0.2) is 60.8 Å². The minimum absolute atomic E-state index is 0.0501. The molecular formula is C20H16ClF2N3O. The van der Waals surface area contributed by atoms with Gasteiger partial charge in [0.05, 0.1) is 0 Å². The maximum Gasteiger partial charge on any atom is 0.274 e. The lowest BCUT2D eigenvalue weighted by molar-refractivity contribution is 0.102. The quantitative estimate of drug-likeness (QED) is 0.631. The topological polar surface area (TPSA) is 54.0 Å². The van der Waals surface area contributed by atoms with Gasteiger partial charge in [0.1, 0.15) is 23.0 Å². The predicted octanol–water partition coefficient (Wildman–Crippen LogP) is 4.92. The van der Waals surface area contributed by atoms with Gasteiger partial charge in [0.2, 0.25) is 0 Å². The first kappa shape index (κ1) is 18.8. The van der Waals surface area contributed by atoms with E-state index in [2.05, 4.69) is 15.6 Å². The number of benzene rings is 2. The summed E-state index contributed by atoms with van der Waals surface area (Å²) in [7, 11) is 0. The Morgan fingerprint density at radius 2 is 1.74 bits per heavy atom. The van der Waals surface area contributed by atoms with Gasteiger partial charge in [0, 0.05) is 23.5 Å². The number of hydrogen-bond acceptors (Lipinski definition) is 3. The van der Waals surface area contributed by atoms with E-state index in [-0.39, 0.29) is 5.69 Å². The van der Waals surface area contributed by atoms with Crippen molar-refractivity contribution in [3.8, 4) is 0 Å². The number of halogens is 3. The summed E-state index contributed by atoms with van der Waals surface area (Å²) in [6, 6.07) is 14.1. The second-order valence-corrected chi connectivity index (χ2v) is 6.22. The average molecular weight is 388 g/mol. The van der Waals surface area contributed by atoms with Crippen molar-refractivity contribution in [3.05, 3.63) is 88.7 Å². The lowest BCUT2D eigenvalue weighted by Crippen LogP contribution is -2.16. The average Bonchev–Trinajstić information content (AvgIpc) is 2.66. The fraction of sp³-hybridized carbons (Fsp3) is 0.100. The molecule has 0 spiro atoms. The second-order valence-electron chi connectivity index (χ2n) is 5.78. The number of carbonyl (C=O) groups is 1. The van der Waals surface area contributed by atoms with E-state index in [0.717, 1.165) is 24.1 Å². The van der Waals surface area contributed by atoms with Gasteiger partial charge < -0.3 is 10.6 Å². The maximum absolute atomic E-state index is 13.7. The normalized spacial score (nSPS) is 10.5. The van der Waals surface area contributed by atoms with Gasteiger partial charge in [-0.2, -0.15) is 0 Å². The monoisotopic (exact) mass is 387 g/mol. The van der Waals surface area contributed by atoms with Crippen molar-refractivity contribution in [2.75, 3.05) is 17.2 Å². The molecule has 138 valence electrons. The zero-order valence-corrected chi connectivity index (χ0v) is 14.9. The number of nitrogens with one attached hydrogen (secondary N) is 2. The van der Waals surface area contributed by atoms with Crippen LogP contribution in [-0.2, 0) is 6.42 Å². The number of anilines is 2. The number of nitrogens with zero attached hydrogens (tertiary/aromatic N) is 1. The number of pyridine rings is 1. The number of carbonyl (C=O) groups excluding carboxylic acids is 1. The summed E-state index contributed by atoms with van der Waals surface area (Å²) in [4.78, 5) is 16.2. The third kappa shape index (κ3) is 5.01. The highest BCUT2D eigenvalue weighted by molar-refractivity contribution is 6.30. The second kappa shape index (κ2) is 8.60. The molecule has 1 amide bonds. The summed E-state index contributed by atoms with van der Waals surface area (Å²) in [5.41, 5.74) is 1.35. The first-order valence-electron chi connectivity index (χ1n) is 8.22. The maximum atomic E-state index is 13.7. The van der Waals surface area contributed by atoms with Crippen molar-refractivity contribution >= 4 is 28.9 Å². The first-order valence-corrected chi connectivity index (χ1v) is 8.60. The van der Waals surface area contributed by atoms with Gasteiger partial charge in [-0.25, -0.2) is 8.78 Å². The Bertz CT molecular complexity index is 928. The molecule has 3 aromatic rings. The van der Waals surface area contributed by atoms with Crippen LogP contribution >= 0.6 is 11.6 Å². The molecule has 3 rings (SSSR count). The molecule has 2 aromatic carbocycles. The predicted molar refractivity (Wildman–Crippen MR) is 102 cm³/mol. The van der Waals surface area contributed by atoms with Gasteiger partial charge in [0.15, 0.2) is 0 Å². The Morgan fingerprint density at radius 1 is 1.04 bits per heavy atom. The SMILES string of the molecule is O=C(Nc1c(F)cccc1F)c1cc(NCCc2ccc(Cl)cc2)ccn1. The summed E-state index contributed by atoms with van der Waals surface area (Å²) in [6.07, 6.45) is 2.22. The third-order valence-corrected chi connectivity index (χ3v) is 4.10. The van der Waals surface area contributed by atoms with Crippen LogP contribution < -0.4 is 10.6 Å². The van der Waals surface area contributed by atoms with E-state index in [4.69, 9.17) is 11.6 Å². The highest BCUT2D eigenvalue weighted by Crippen LogP contribution is 2.19. The summed E-state index contributed by atoms with van der Waals surface area (Å²) in [5, 5.41) is 6.09. The van der Waals surface area contributed by atoms with Crippen LogP contribution in [0, 0.1) is 11.6 Å². The van der Waals surface area contributed by atoms with Crippen molar-refractivity contribution in [1.82, 2.24) is 4.98 Å². The smallest absolute Gasteiger partial charge is 0.274 e. The number of aromatic nitrogens is 1. The van der Waals surface area contributed by atoms with E-state index in [1.54, 1.807) is 6.07 Å². The molecule has 1 heterocycles. The van der Waals surface area contributed by atoms with E-state index in [9.17, 15) is 13.6 Å². The summed E-state index contributed by atoms with van der Waals surface area (Å²) >= 11 is 5.86. The molecule has 1 aromatic heterocycles. The summed E-state index contributed by atoms with van der Waals surface area (Å²) < 4.78 is 27.3. The van der Waals surface area contributed by atoms with Gasteiger partial charge in [-0.1, -0.05) is 29.8 Å². The third-order valence-electron chi connectivity index (χ3n) is 3.85. The van der Waals surface area contributed by atoms with Crippen molar-refractivity contribution in [1.29, 1.82) is 0 Å². The Hall–Kier alpha value is -2.99. The van der Waals surface area contributed by atoms with Crippen LogP contribution in [0.1, 0.15) is 16.1 Å². The van der Waals surface area contributed by atoms with E-state index >= 15 is 0 Å². The molecule has 4 nitrogen and oxygen atoms in total. The molecule has 0 fully saturated rings. The van der Waals surface area contributed by atoms with Gasteiger partial charge in [-0.3, -0.25) is 9.78 Å². The Labute approximate surface area is 160 Å². The van der Waals surface area contributed by atoms with Gasteiger partial charge in [-0.15, -0.1) is 0 Å². The lowest BCUT2D eigenvalue weighted by Gasteiger charge is -2.09. The largest absolute Gasteiger partial charge is 0.385 e. The molecule has 0 aliphatic heterocycles. The van der Waals surface area contributed by atoms with Crippen molar-refractivity contribution < 1.29 is 13.6 Å². The molecule has 0 aliphatic rings. The molecule has 0 saturated heterocycles. The minimum atomic E-state index is -0.847. The fourth-order valence-corrected chi connectivity index (χ4v) is 2.59. The van der Waals surface area contributed by atoms with Crippen molar-refractivity contribution in [2.24, 2.45) is 0 Å². The van der Waals surface area contributed by atoms with E-state index in [0.29, 0.717) is 17.3 Å². The molecule has 7 heteroatoms. The minimum Gasteiger partial charge on any atom is -0.385 e. The zero-order valence-electron chi connectivity index (χ0n) is 14.2. The summed E-state index contributed by atoms with van der Waals surface area (Å²) in [6.45, 7) is 0.634. The standard InChI is InChI=1S/C20H16ClF2N3O/c21-14-6-4-13(5-7-14)8-10-24-15-9-11-25-18(12-15)20(27)26-19-16(22)2-1-3-17(19)23/h1-7,9,11-12H,8,10H2,(H,24,25)(H,26,27). The number of rotatable bonds is 6. The van der Waals surface area contributed by atoms with Gasteiger partial charge in [-0.05, 0) is 48.4 Å². The zero-order chi connectivity index (χ0) is 19.2. The molecule has 0 bridgehead atoms. The molecule has 0 saturated carbocycles. The van der Waals surface area contributed by atoms with E-state index in [1.807, 2.05) is 24.3 Å². The highest BCUT2D eigenvalue weighted by Gasteiger charge is 2.14.